The zero-order valence-electron chi connectivity index (χ0n) is 10.3. The summed E-state index contributed by atoms with van der Waals surface area (Å²) in [5.41, 5.74) is 2.33. The van der Waals surface area contributed by atoms with E-state index in [2.05, 4.69) is 58.8 Å². The normalized spacial score (nSPS) is 10.6. The van der Waals surface area contributed by atoms with Crippen molar-refractivity contribution in [3.63, 3.8) is 0 Å². The van der Waals surface area contributed by atoms with Gasteiger partial charge < -0.3 is 4.90 Å². The van der Waals surface area contributed by atoms with E-state index in [9.17, 15) is 0 Å². The van der Waals surface area contributed by atoms with Gasteiger partial charge in [-0.15, -0.1) is 0 Å². The Balaban J connectivity index is 2.43. The molecule has 0 fully saturated rings. The first-order chi connectivity index (χ1) is 8.18. The lowest BCUT2D eigenvalue weighted by Gasteiger charge is -2.26. The highest BCUT2D eigenvalue weighted by atomic mass is 15.3. The summed E-state index contributed by atoms with van der Waals surface area (Å²) in [5.74, 6) is 0.681. The molecule has 88 valence electrons. The molecular formula is C13H16N4. The van der Waals surface area contributed by atoms with Crippen LogP contribution in [0.1, 0.15) is 19.4 Å². The van der Waals surface area contributed by atoms with E-state index in [-0.39, 0.29) is 0 Å². The number of aromatic nitrogens is 3. The predicted octanol–water partition coefficient (Wildman–Crippen LogP) is 2.73. The summed E-state index contributed by atoms with van der Waals surface area (Å²) in [6.45, 7) is 6.31. The Morgan fingerprint density at radius 3 is 2.41 bits per heavy atom. The summed E-state index contributed by atoms with van der Waals surface area (Å²) < 4.78 is 0. The highest BCUT2D eigenvalue weighted by Gasteiger charge is 2.15. The fraction of sp³-hybridized carbons (Fsp3) is 0.308. The topological polar surface area (TPSA) is 41.9 Å². The lowest BCUT2D eigenvalue weighted by molar-refractivity contribution is 0.757. The van der Waals surface area contributed by atoms with Crippen LogP contribution in [0.15, 0.2) is 36.9 Å². The van der Waals surface area contributed by atoms with Crippen molar-refractivity contribution in [2.75, 3.05) is 4.90 Å². The van der Waals surface area contributed by atoms with Crippen LogP contribution in [0.5, 0.6) is 0 Å². The highest BCUT2D eigenvalue weighted by molar-refractivity contribution is 5.58. The number of hydrogen-bond donors (Lipinski definition) is 0. The Hall–Kier alpha value is -1.97. The summed E-state index contributed by atoms with van der Waals surface area (Å²) in [5, 5.41) is 0. The van der Waals surface area contributed by atoms with Crippen molar-refractivity contribution in [3.05, 3.63) is 42.5 Å². The molecule has 4 nitrogen and oxygen atoms in total. The van der Waals surface area contributed by atoms with E-state index < -0.39 is 0 Å². The molecule has 1 aromatic carbocycles. The van der Waals surface area contributed by atoms with Gasteiger partial charge in [-0.2, -0.15) is 0 Å². The molecule has 1 aromatic heterocycles. The van der Waals surface area contributed by atoms with Crippen molar-refractivity contribution in [1.29, 1.82) is 0 Å². The maximum Gasteiger partial charge on any atom is 0.233 e. The van der Waals surface area contributed by atoms with E-state index in [1.54, 1.807) is 0 Å². The van der Waals surface area contributed by atoms with Crippen LogP contribution in [0.25, 0.3) is 0 Å². The van der Waals surface area contributed by atoms with Gasteiger partial charge in [0.2, 0.25) is 5.95 Å². The van der Waals surface area contributed by atoms with Gasteiger partial charge in [0.1, 0.15) is 12.7 Å². The predicted molar refractivity (Wildman–Crippen MR) is 68.3 cm³/mol. The Bertz CT molecular complexity index is 482. The van der Waals surface area contributed by atoms with Gasteiger partial charge >= 0.3 is 0 Å². The molecule has 4 heteroatoms. The van der Waals surface area contributed by atoms with Crippen molar-refractivity contribution in [2.24, 2.45) is 0 Å². The van der Waals surface area contributed by atoms with E-state index in [1.807, 2.05) is 6.07 Å². The molecule has 0 N–H and O–H groups in total. The second-order valence-electron chi connectivity index (χ2n) is 4.24. The summed E-state index contributed by atoms with van der Waals surface area (Å²) >= 11 is 0. The van der Waals surface area contributed by atoms with Crippen LogP contribution in [0.4, 0.5) is 11.6 Å². The number of rotatable bonds is 3. The van der Waals surface area contributed by atoms with Crippen molar-refractivity contribution in [2.45, 2.75) is 26.8 Å². The minimum absolute atomic E-state index is 0.291. The van der Waals surface area contributed by atoms with Gasteiger partial charge in [0, 0.05) is 11.7 Å². The summed E-state index contributed by atoms with van der Waals surface area (Å²) in [6.07, 6.45) is 3.04. The van der Waals surface area contributed by atoms with E-state index in [0.29, 0.717) is 12.0 Å². The van der Waals surface area contributed by atoms with Gasteiger partial charge in [-0.05, 0) is 38.5 Å². The first-order valence-corrected chi connectivity index (χ1v) is 5.66. The third kappa shape index (κ3) is 2.58. The third-order valence-corrected chi connectivity index (χ3v) is 2.49. The Morgan fingerprint density at radius 2 is 1.82 bits per heavy atom. The Labute approximate surface area is 101 Å². The summed E-state index contributed by atoms with van der Waals surface area (Å²) in [4.78, 5) is 14.4. The zero-order valence-corrected chi connectivity index (χ0v) is 10.3. The molecule has 2 aromatic rings. The first-order valence-electron chi connectivity index (χ1n) is 5.66. The van der Waals surface area contributed by atoms with Crippen LogP contribution in [0.2, 0.25) is 0 Å². The average Bonchev–Trinajstić information content (AvgIpc) is 2.30. The quantitative estimate of drug-likeness (QED) is 0.810. The van der Waals surface area contributed by atoms with Crippen LogP contribution in [0, 0.1) is 6.92 Å². The lowest BCUT2D eigenvalue weighted by atomic mass is 10.2. The second kappa shape index (κ2) is 4.91. The fourth-order valence-electron chi connectivity index (χ4n) is 1.78. The van der Waals surface area contributed by atoms with E-state index in [0.717, 1.165) is 5.69 Å². The zero-order chi connectivity index (χ0) is 12.3. The molecule has 0 aliphatic heterocycles. The average molecular weight is 228 g/mol. The summed E-state index contributed by atoms with van der Waals surface area (Å²) in [6, 6.07) is 8.61. The first kappa shape index (κ1) is 11.5. The van der Waals surface area contributed by atoms with Gasteiger partial charge in [-0.25, -0.2) is 15.0 Å². The molecule has 2 rings (SSSR count). The number of aryl methyl sites for hydroxylation is 1. The standard InChI is InChI=1S/C13H16N4/c1-10(2)17(13-15-8-14-9-16-13)12-6-4-5-11(3)7-12/h4-10H,1-3H3. The largest absolute Gasteiger partial charge is 0.308 e. The number of benzene rings is 1. The van der Waals surface area contributed by atoms with E-state index in [1.165, 1.54) is 18.2 Å². The van der Waals surface area contributed by atoms with Crippen LogP contribution < -0.4 is 4.90 Å². The molecule has 0 aliphatic rings. The minimum atomic E-state index is 0.291. The molecule has 0 radical (unpaired) electrons. The molecule has 0 saturated heterocycles. The van der Waals surface area contributed by atoms with Crippen molar-refractivity contribution >= 4 is 11.6 Å². The third-order valence-electron chi connectivity index (χ3n) is 2.49. The Kier molecular flexibility index (Phi) is 3.32. The van der Waals surface area contributed by atoms with Gasteiger partial charge in [-0.1, -0.05) is 12.1 Å². The highest BCUT2D eigenvalue weighted by Crippen LogP contribution is 2.24. The summed E-state index contributed by atoms with van der Waals surface area (Å²) in [7, 11) is 0. The van der Waals surface area contributed by atoms with E-state index in [4.69, 9.17) is 0 Å². The molecule has 0 atom stereocenters. The SMILES string of the molecule is Cc1cccc(N(c2ncncn2)C(C)C)c1. The molecule has 0 bridgehead atoms. The number of anilines is 2. The van der Waals surface area contributed by atoms with Crippen LogP contribution in [-0.2, 0) is 0 Å². The maximum atomic E-state index is 4.21. The van der Waals surface area contributed by atoms with Crippen LogP contribution >= 0.6 is 0 Å². The number of hydrogen-bond acceptors (Lipinski definition) is 4. The van der Waals surface area contributed by atoms with Gasteiger partial charge in [0.25, 0.3) is 0 Å². The molecule has 0 amide bonds. The molecule has 17 heavy (non-hydrogen) atoms. The Morgan fingerprint density at radius 1 is 1.12 bits per heavy atom. The van der Waals surface area contributed by atoms with Crippen LogP contribution in [-0.4, -0.2) is 21.0 Å². The smallest absolute Gasteiger partial charge is 0.233 e. The van der Waals surface area contributed by atoms with Gasteiger partial charge in [0.05, 0.1) is 0 Å². The molecule has 1 heterocycles. The minimum Gasteiger partial charge on any atom is -0.308 e. The van der Waals surface area contributed by atoms with Gasteiger partial charge in [-0.3, -0.25) is 0 Å². The fourth-order valence-corrected chi connectivity index (χ4v) is 1.78. The molecule has 0 aliphatic carbocycles. The van der Waals surface area contributed by atoms with Crippen molar-refractivity contribution in [1.82, 2.24) is 15.0 Å². The maximum absolute atomic E-state index is 4.21. The van der Waals surface area contributed by atoms with E-state index >= 15 is 0 Å². The van der Waals surface area contributed by atoms with Gasteiger partial charge in [0.15, 0.2) is 0 Å². The van der Waals surface area contributed by atoms with Crippen LogP contribution in [0.3, 0.4) is 0 Å². The molecule has 0 unspecified atom stereocenters. The molecule has 0 spiro atoms. The van der Waals surface area contributed by atoms with Crippen molar-refractivity contribution in [3.8, 4) is 0 Å². The number of nitrogens with zero attached hydrogens (tertiary/aromatic N) is 4. The molecule has 0 saturated carbocycles. The monoisotopic (exact) mass is 228 g/mol. The second-order valence-corrected chi connectivity index (χ2v) is 4.24. The molecular weight excluding hydrogens is 212 g/mol. The lowest BCUT2D eigenvalue weighted by Crippen LogP contribution is -2.27. The van der Waals surface area contributed by atoms with Crippen molar-refractivity contribution < 1.29 is 0 Å².